The van der Waals surface area contributed by atoms with Crippen LogP contribution >= 0.6 is 0 Å². The van der Waals surface area contributed by atoms with Crippen molar-refractivity contribution in [1.29, 1.82) is 0 Å². The molecule has 0 radical (unpaired) electrons. The molecule has 170 valence electrons. The first-order valence-corrected chi connectivity index (χ1v) is 11.7. The van der Waals surface area contributed by atoms with Gasteiger partial charge in [0, 0.05) is 30.9 Å². The number of nitrogens with zero attached hydrogens (tertiary/aromatic N) is 3. The fraction of sp³-hybridized carbons (Fsp3) is 0.480. The van der Waals surface area contributed by atoms with Gasteiger partial charge in [-0.05, 0) is 44.4 Å². The largest absolute Gasteiger partial charge is 0.472 e. The normalized spacial score (nSPS) is 21.0. The number of anilines is 1. The second-order valence-corrected chi connectivity index (χ2v) is 8.46. The average molecular weight is 437 g/mol. The van der Waals surface area contributed by atoms with Crippen LogP contribution in [0, 0.1) is 0 Å². The van der Waals surface area contributed by atoms with Crippen molar-refractivity contribution in [1.82, 2.24) is 15.2 Å². The zero-order valence-corrected chi connectivity index (χ0v) is 18.7. The molecule has 0 bridgehead atoms. The molecule has 1 saturated heterocycles. The summed E-state index contributed by atoms with van der Waals surface area (Å²) in [6.07, 6.45) is 6.76. The minimum Gasteiger partial charge on any atom is -0.472 e. The quantitative estimate of drug-likeness (QED) is 0.643. The lowest BCUT2D eigenvalue weighted by Gasteiger charge is -2.35. The van der Waals surface area contributed by atoms with Gasteiger partial charge in [0.2, 0.25) is 12.0 Å². The van der Waals surface area contributed by atoms with Crippen molar-refractivity contribution in [3.05, 3.63) is 54.2 Å². The summed E-state index contributed by atoms with van der Waals surface area (Å²) in [5.41, 5.74) is 0.754. The van der Waals surface area contributed by atoms with E-state index in [9.17, 15) is 9.59 Å². The van der Waals surface area contributed by atoms with Crippen LogP contribution in [0.2, 0.25) is 0 Å². The van der Waals surface area contributed by atoms with Gasteiger partial charge < -0.3 is 15.0 Å². The van der Waals surface area contributed by atoms with E-state index in [0.717, 1.165) is 25.1 Å². The number of nitrogens with one attached hydrogen (secondary N) is 1. The lowest BCUT2D eigenvalue weighted by Crippen LogP contribution is -2.47. The van der Waals surface area contributed by atoms with Gasteiger partial charge in [-0.15, -0.1) is 0 Å². The molecule has 2 aromatic rings. The first kappa shape index (κ1) is 22.3. The van der Waals surface area contributed by atoms with E-state index >= 15 is 0 Å². The summed E-state index contributed by atoms with van der Waals surface area (Å²) in [6, 6.07) is 13.5. The lowest BCUT2D eigenvalue weighted by atomic mass is 10.00. The summed E-state index contributed by atoms with van der Waals surface area (Å²) >= 11 is 0. The van der Waals surface area contributed by atoms with Crippen molar-refractivity contribution in [3.8, 4) is 5.75 Å². The highest BCUT2D eigenvalue weighted by Gasteiger charge is 2.37. The second-order valence-electron chi connectivity index (χ2n) is 8.46. The third kappa shape index (κ3) is 5.10. The molecule has 7 nitrogen and oxygen atoms in total. The predicted molar refractivity (Wildman–Crippen MR) is 124 cm³/mol. The summed E-state index contributed by atoms with van der Waals surface area (Å²) in [4.78, 5) is 34.2. The van der Waals surface area contributed by atoms with Crippen LogP contribution in [0.3, 0.4) is 0 Å². The van der Waals surface area contributed by atoms with Gasteiger partial charge in [-0.1, -0.05) is 43.7 Å². The van der Waals surface area contributed by atoms with Crippen LogP contribution in [0.15, 0.2) is 48.7 Å². The van der Waals surface area contributed by atoms with Gasteiger partial charge in [0.1, 0.15) is 6.54 Å². The van der Waals surface area contributed by atoms with E-state index in [2.05, 4.69) is 22.1 Å². The Morgan fingerprint density at radius 2 is 2.03 bits per heavy atom. The number of benzene rings is 1. The van der Waals surface area contributed by atoms with Crippen LogP contribution in [0.5, 0.6) is 5.75 Å². The molecular formula is C25H32N4O3. The van der Waals surface area contributed by atoms with Crippen LogP contribution in [-0.4, -0.2) is 53.9 Å². The number of carbonyl (C=O) groups excluding carboxylic acids is 2. The minimum absolute atomic E-state index is 0.0726. The smallest absolute Gasteiger partial charge is 0.274 e. The number of ether oxygens (including phenoxy) is 1. The van der Waals surface area contributed by atoms with E-state index in [1.54, 1.807) is 18.3 Å². The van der Waals surface area contributed by atoms with E-state index in [4.69, 9.17) is 4.74 Å². The lowest BCUT2D eigenvalue weighted by molar-refractivity contribution is -0.129. The topological polar surface area (TPSA) is 74.8 Å². The number of pyridine rings is 1. The molecule has 0 unspecified atom stereocenters. The average Bonchev–Trinajstić information content (AvgIpc) is 2.84. The Balaban J connectivity index is 1.35. The minimum atomic E-state index is -0.786. The highest BCUT2D eigenvalue weighted by molar-refractivity contribution is 6.03. The van der Waals surface area contributed by atoms with Crippen LogP contribution in [-0.2, 0) is 9.59 Å². The number of fused-ring (bicyclic) bond motifs is 1. The summed E-state index contributed by atoms with van der Waals surface area (Å²) in [5, 5.41) is 2.98. The third-order valence-corrected chi connectivity index (χ3v) is 6.31. The Morgan fingerprint density at radius 3 is 2.84 bits per heavy atom. The number of piperidine rings is 1. The van der Waals surface area contributed by atoms with Gasteiger partial charge in [0.25, 0.3) is 5.91 Å². The molecule has 2 amide bonds. The first-order valence-electron chi connectivity index (χ1n) is 11.7. The van der Waals surface area contributed by atoms with Crippen molar-refractivity contribution in [3.63, 3.8) is 0 Å². The molecule has 0 spiro atoms. The Hall–Kier alpha value is -2.93. The maximum Gasteiger partial charge on any atom is 0.274 e. The Morgan fingerprint density at radius 1 is 1.19 bits per heavy atom. The third-order valence-electron chi connectivity index (χ3n) is 6.31. The maximum atomic E-state index is 13.2. The first-order chi connectivity index (χ1) is 15.7. The van der Waals surface area contributed by atoms with Crippen molar-refractivity contribution in [2.24, 2.45) is 0 Å². The molecule has 0 saturated carbocycles. The Bertz CT molecular complexity index is 920. The van der Waals surface area contributed by atoms with Gasteiger partial charge in [0.05, 0.1) is 0 Å². The molecule has 1 fully saturated rings. The number of hydrogen-bond donors (Lipinski definition) is 1. The van der Waals surface area contributed by atoms with E-state index in [1.807, 2.05) is 30.3 Å². The number of hydrogen-bond acceptors (Lipinski definition) is 5. The fourth-order valence-electron chi connectivity index (χ4n) is 4.62. The van der Waals surface area contributed by atoms with Crippen molar-refractivity contribution in [2.45, 2.75) is 51.2 Å². The SMILES string of the molecule is CC[C@@H]1CCCCN1CCCNC(=O)CN1C(=O)[C@H](c2ccccc2)Oc2cccnc21. The van der Waals surface area contributed by atoms with Crippen molar-refractivity contribution < 1.29 is 14.3 Å². The Labute approximate surface area is 189 Å². The molecule has 4 rings (SSSR count). The van der Waals surface area contributed by atoms with Crippen LogP contribution in [0.1, 0.15) is 50.7 Å². The zero-order chi connectivity index (χ0) is 22.3. The highest BCUT2D eigenvalue weighted by atomic mass is 16.5. The van der Waals surface area contributed by atoms with E-state index in [-0.39, 0.29) is 18.4 Å². The molecule has 2 aliphatic heterocycles. The monoisotopic (exact) mass is 436 g/mol. The maximum absolute atomic E-state index is 13.2. The van der Waals surface area contributed by atoms with E-state index in [1.165, 1.54) is 30.6 Å². The van der Waals surface area contributed by atoms with Gasteiger partial charge in [0.15, 0.2) is 11.6 Å². The van der Waals surface area contributed by atoms with Crippen LogP contribution in [0.4, 0.5) is 5.82 Å². The van der Waals surface area contributed by atoms with Crippen LogP contribution in [0.25, 0.3) is 0 Å². The van der Waals surface area contributed by atoms with Gasteiger partial charge in [-0.3, -0.25) is 14.5 Å². The van der Waals surface area contributed by atoms with E-state index in [0.29, 0.717) is 24.2 Å². The van der Waals surface area contributed by atoms with Crippen molar-refractivity contribution >= 4 is 17.6 Å². The molecule has 1 N–H and O–H groups in total. The van der Waals surface area contributed by atoms with Crippen LogP contribution < -0.4 is 15.0 Å². The zero-order valence-electron chi connectivity index (χ0n) is 18.7. The van der Waals surface area contributed by atoms with Crippen molar-refractivity contribution in [2.75, 3.05) is 31.1 Å². The number of rotatable bonds is 8. The number of aromatic nitrogens is 1. The van der Waals surface area contributed by atoms with E-state index < -0.39 is 6.10 Å². The summed E-state index contributed by atoms with van der Waals surface area (Å²) < 4.78 is 5.94. The molecule has 3 heterocycles. The molecule has 2 aliphatic rings. The molecular weight excluding hydrogens is 404 g/mol. The summed E-state index contributed by atoms with van der Waals surface area (Å²) in [6.45, 7) is 4.92. The summed E-state index contributed by atoms with van der Waals surface area (Å²) in [5.74, 6) is 0.425. The Kier molecular flexibility index (Phi) is 7.37. The molecule has 1 aromatic heterocycles. The fourth-order valence-corrected chi connectivity index (χ4v) is 4.62. The highest BCUT2D eigenvalue weighted by Crippen LogP contribution is 2.36. The van der Waals surface area contributed by atoms with Gasteiger partial charge >= 0.3 is 0 Å². The number of amides is 2. The number of likely N-dealkylation sites (tertiary alicyclic amines) is 1. The second kappa shape index (κ2) is 10.6. The summed E-state index contributed by atoms with van der Waals surface area (Å²) in [7, 11) is 0. The molecule has 32 heavy (non-hydrogen) atoms. The molecule has 1 aromatic carbocycles. The van der Waals surface area contributed by atoms with Gasteiger partial charge in [-0.25, -0.2) is 4.98 Å². The number of carbonyl (C=O) groups is 2. The van der Waals surface area contributed by atoms with Gasteiger partial charge in [-0.2, -0.15) is 0 Å². The predicted octanol–water partition coefficient (Wildman–Crippen LogP) is 3.32. The molecule has 2 atom stereocenters. The molecule has 0 aliphatic carbocycles. The molecule has 7 heteroatoms. The standard InChI is InChI=1S/C25H32N4O3/c1-2-20-12-6-7-16-28(20)17-9-15-26-22(30)18-29-24-21(13-8-14-27-24)32-23(25(29)31)19-10-4-3-5-11-19/h3-5,8,10-11,13-14,20,23H,2,6-7,9,12,15-18H2,1H3,(H,26,30)/t20-,23+/m1/s1.